The lowest BCUT2D eigenvalue weighted by molar-refractivity contribution is -0.136. The fourth-order valence-electron chi connectivity index (χ4n) is 4.98. The molecule has 2 fully saturated rings. The SMILES string of the molecule is NC(=O)N1CCC(C2CCN(C(=O)[CH]Cc3cc(C(F)(F)F)c4[nH]ncc4c3)CC2)CC1. The highest BCUT2D eigenvalue weighted by molar-refractivity contribution is 5.86. The number of primary amides is 1. The molecule has 3 amide bonds. The summed E-state index contributed by atoms with van der Waals surface area (Å²) in [6.45, 7) is 2.66. The molecule has 3 N–H and O–H groups in total. The Morgan fingerprint density at radius 1 is 1.06 bits per heavy atom. The maximum Gasteiger partial charge on any atom is 0.418 e. The van der Waals surface area contributed by atoms with Crippen LogP contribution in [-0.4, -0.2) is 58.1 Å². The molecule has 3 heterocycles. The Hall–Kier alpha value is -2.78. The number of piperidine rings is 2. The number of alkyl halides is 3. The van der Waals surface area contributed by atoms with Crippen LogP contribution < -0.4 is 5.73 Å². The average Bonchev–Trinajstić information content (AvgIpc) is 3.25. The molecule has 7 nitrogen and oxygen atoms in total. The molecule has 4 rings (SSSR count). The smallest absolute Gasteiger partial charge is 0.351 e. The van der Waals surface area contributed by atoms with E-state index in [1.807, 2.05) is 0 Å². The summed E-state index contributed by atoms with van der Waals surface area (Å²) in [5, 5.41) is 6.48. The monoisotopic (exact) mass is 450 g/mol. The number of benzene rings is 1. The van der Waals surface area contributed by atoms with Crippen LogP contribution >= 0.6 is 0 Å². The zero-order chi connectivity index (χ0) is 22.9. The van der Waals surface area contributed by atoms with E-state index in [0.29, 0.717) is 49.0 Å². The van der Waals surface area contributed by atoms with Gasteiger partial charge in [0.05, 0.1) is 23.7 Å². The number of urea groups is 1. The molecule has 1 aromatic carbocycles. The Morgan fingerprint density at radius 2 is 1.66 bits per heavy atom. The minimum atomic E-state index is -4.50. The van der Waals surface area contributed by atoms with E-state index in [4.69, 9.17) is 5.73 Å². The van der Waals surface area contributed by atoms with E-state index in [2.05, 4.69) is 10.2 Å². The standard InChI is InChI=1S/C22H27F3N5O2/c23-22(24,25)18-12-14(11-17-13-27-28-20(17)18)1-2-19(31)29-7-3-15(4-8-29)16-5-9-30(10-6-16)21(26)32/h2,11-13,15-16H,1,3-10H2,(H2,26,32)(H,27,28). The number of aromatic amines is 1. The summed E-state index contributed by atoms with van der Waals surface area (Å²) in [6, 6.07) is 2.34. The number of nitrogens with two attached hydrogens (primary N) is 1. The topological polar surface area (TPSA) is 95.3 Å². The molecule has 173 valence electrons. The van der Waals surface area contributed by atoms with Crippen molar-refractivity contribution in [2.45, 2.75) is 38.3 Å². The van der Waals surface area contributed by atoms with Crippen LogP contribution in [0.4, 0.5) is 18.0 Å². The van der Waals surface area contributed by atoms with Gasteiger partial charge in [-0.1, -0.05) is 0 Å². The molecule has 0 spiro atoms. The number of rotatable bonds is 4. The number of H-pyrrole nitrogens is 1. The van der Waals surface area contributed by atoms with Crippen molar-refractivity contribution in [1.29, 1.82) is 0 Å². The molecule has 0 atom stereocenters. The van der Waals surface area contributed by atoms with Crippen molar-refractivity contribution < 1.29 is 22.8 Å². The van der Waals surface area contributed by atoms with Crippen molar-refractivity contribution in [3.8, 4) is 0 Å². The summed E-state index contributed by atoms with van der Waals surface area (Å²) in [6.07, 6.45) is 2.13. The second kappa shape index (κ2) is 8.99. The molecule has 0 aliphatic carbocycles. The van der Waals surface area contributed by atoms with Crippen LogP contribution in [0.2, 0.25) is 0 Å². The van der Waals surface area contributed by atoms with Gasteiger partial charge in [0.15, 0.2) is 0 Å². The van der Waals surface area contributed by atoms with Crippen LogP contribution in [-0.2, 0) is 17.4 Å². The molecule has 2 aromatic rings. The second-order valence-electron chi connectivity index (χ2n) is 8.71. The summed E-state index contributed by atoms with van der Waals surface area (Å²) in [5.41, 5.74) is 4.95. The number of nitrogens with zero attached hydrogens (tertiary/aromatic N) is 3. The first-order valence-corrected chi connectivity index (χ1v) is 10.9. The van der Waals surface area contributed by atoms with Gasteiger partial charge in [0.2, 0.25) is 5.91 Å². The van der Waals surface area contributed by atoms with E-state index in [0.717, 1.165) is 31.7 Å². The Kier molecular flexibility index (Phi) is 6.30. The average molecular weight is 450 g/mol. The van der Waals surface area contributed by atoms with Gasteiger partial charge < -0.3 is 15.5 Å². The highest BCUT2D eigenvalue weighted by Crippen LogP contribution is 2.35. The first kappa shape index (κ1) is 22.4. The third kappa shape index (κ3) is 4.83. The van der Waals surface area contributed by atoms with Crippen LogP contribution in [0.3, 0.4) is 0 Å². The molecule has 0 bridgehead atoms. The zero-order valence-corrected chi connectivity index (χ0v) is 17.7. The van der Waals surface area contributed by atoms with Gasteiger partial charge in [-0.05, 0) is 61.6 Å². The van der Waals surface area contributed by atoms with Gasteiger partial charge in [-0.15, -0.1) is 0 Å². The highest BCUT2D eigenvalue weighted by Gasteiger charge is 2.34. The summed E-state index contributed by atoms with van der Waals surface area (Å²) < 4.78 is 40.1. The number of aromatic nitrogens is 2. The van der Waals surface area contributed by atoms with E-state index in [1.54, 1.807) is 15.9 Å². The van der Waals surface area contributed by atoms with Gasteiger partial charge in [-0.25, -0.2) is 4.79 Å². The van der Waals surface area contributed by atoms with Crippen LogP contribution in [0, 0.1) is 18.3 Å². The molecule has 0 unspecified atom stereocenters. The maximum absolute atomic E-state index is 13.4. The first-order chi connectivity index (χ1) is 15.2. The van der Waals surface area contributed by atoms with Crippen molar-refractivity contribution in [2.24, 2.45) is 17.6 Å². The van der Waals surface area contributed by atoms with Gasteiger partial charge >= 0.3 is 12.2 Å². The molecule has 32 heavy (non-hydrogen) atoms. The predicted molar refractivity (Wildman–Crippen MR) is 112 cm³/mol. The van der Waals surface area contributed by atoms with Crippen molar-refractivity contribution in [3.63, 3.8) is 0 Å². The number of likely N-dealkylation sites (tertiary alicyclic amines) is 2. The van der Waals surface area contributed by atoms with Crippen LogP contribution in [0.25, 0.3) is 10.9 Å². The first-order valence-electron chi connectivity index (χ1n) is 10.9. The maximum atomic E-state index is 13.4. The van der Waals surface area contributed by atoms with E-state index < -0.39 is 11.7 Å². The third-order valence-corrected chi connectivity index (χ3v) is 6.80. The summed E-state index contributed by atoms with van der Waals surface area (Å²) in [7, 11) is 0. The van der Waals surface area contributed by atoms with Crippen molar-refractivity contribution in [1.82, 2.24) is 20.0 Å². The molecule has 0 saturated carbocycles. The van der Waals surface area contributed by atoms with Gasteiger partial charge in [0, 0.05) is 31.6 Å². The van der Waals surface area contributed by atoms with Crippen molar-refractivity contribution in [2.75, 3.05) is 26.2 Å². The van der Waals surface area contributed by atoms with Gasteiger partial charge in [-0.2, -0.15) is 18.3 Å². The Labute approximate surface area is 184 Å². The number of amides is 3. The van der Waals surface area contributed by atoms with E-state index in [9.17, 15) is 22.8 Å². The quantitative estimate of drug-likeness (QED) is 0.748. The molecule has 2 aliphatic heterocycles. The lowest BCUT2D eigenvalue weighted by Gasteiger charge is -2.39. The number of carbonyl (C=O) groups excluding carboxylic acids is 2. The minimum Gasteiger partial charge on any atom is -0.351 e. The second-order valence-corrected chi connectivity index (χ2v) is 8.71. The van der Waals surface area contributed by atoms with E-state index >= 15 is 0 Å². The van der Waals surface area contributed by atoms with E-state index in [-0.39, 0.29) is 23.9 Å². The zero-order valence-electron chi connectivity index (χ0n) is 17.7. The number of carbonyl (C=O) groups is 2. The Bertz CT molecular complexity index is 974. The number of fused-ring (bicyclic) bond motifs is 1. The summed E-state index contributed by atoms with van der Waals surface area (Å²) in [5.74, 6) is 0.911. The summed E-state index contributed by atoms with van der Waals surface area (Å²) >= 11 is 0. The lowest BCUT2D eigenvalue weighted by atomic mass is 9.79. The lowest BCUT2D eigenvalue weighted by Crippen LogP contribution is -2.45. The molecule has 2 saturated heterocycles. The Morgan fingerprint density at radius 3 is 2.22 bits per heavy atom. The van der Waals surface area contributed by atoms with Gasteiger partial charge in [0.25, 0.3) is 0 Å². The molecule has 2 aliphatic rings. The number of nitrogens with one attached hydrogen (secondary N) is 1. The van der Waals surface area contributed by atoms with Gasteiger partial charge in [-0.3, -0.25) is 9.89 Å². The summed E-state index contributed by atoms with van der Waals surface area (Å²) in [4.78, 5) is 27.4. The molecular weight excluding hydrogens is 423 g/mol. The minimum absolute atomic E-state index is 0.0451. The Balaban J connectivity index is 1.29. The number of halogens is 3. The van der Waals surface area contributed by atoms with Crippen LogP contribution in [0.15, 0.2) is 18.3 Å². The van der Waals surface area contributed by atoms with Crippen LogP contribution in [0.1, 0.15) is 36.8 Å². The van der Waals surface area contributed by atoms with E-state index in [1.165, 1.54) is 12.6 Å². The van der Waals surface area contributed by atoms with Crippen molar-refractivity contribution in [3.05, 3.63) is 35.9 Å². The van der Waals surface area contributed by atoms with Crippen LogP contribution in [0.5, 0.6) is 0 Å². The van der Waals surface area contributed by atoms with Crippen molar-refractivity contribution >= 4 is 22.8 Å². The molecular formula is C22H27F3N5O2. The fraction of sp³-hybridized carbons (Fsp3) is 0.545. The fourth-order valence-corrected chi connectivity index (χ4v) is 4.98. The third-order valence-electron chi connectivity index (χ3n) is 6.80. The number of hydrogen-bond donors (Lipinski definition) is 2. The molecule has 1 aromatic heterocycles. The molecule has 1 radical (unpaired) electrons. The molecule has 10 heteroatoms. The normalized spacial score (nSPS) is 19.0. The highest BCUT2D eigenvalue weighted by atomic mass is 19.4. The largest absolute Gasteiger partial charge is 0.418 e. The van der Waals surface area contributed by atoms with Gasteiger partial charge in [0.1, 0.15) is 0 Å². The number of hydrogen-bond acceptors (Lipinski definition) is 3. The predicted octanol–water partition coefficient (Wildman–Crippen LogP) is 3.36.